The fourth-order valence-corrected chi connectivity index (χ4v) is 2.25. The van der Waals surface area contributed by atoms with Gasteiger partial charge in [0.25, 0.3) is 6.43 Å². The van der Waals surface area contributed by atoms with E-state index in [9.17, 15) is 8.78 Å². The van der Waals surface area contributed by atoms with Gasteiger partial charge in [0.05, 0.1) is 17.3 Å². The van der Waals surface area contributed by atoms with Crippen LogP contribution in [0.1, 0.15) is 30.6 Å². The van der Waals surface area contributed by atoms with Gasteiger partial charge in [-0.05, 0) is 13.5 Å². The lowest BCUT2D eigenvalue weighted by Crippen LogP contribution is -2.18. The van der Waals surface area contributed by atoms with Gasteiger partial charge < -0.3 is 10.1 Å². The average Bonchev–Trinajstić information content (AvgIpc) is 2.73. The van der Waals surface area contributed by atoms with Gasteiger partial charge in [0, 0.05) is 17.8 Å². The van der Waals surface area contributed by atoms with E-state index in [4.69, 9.17) is 4.74 Å². The van der Waals surface area contributed by atoms with Crippen molar-refractivity contribution < 1.29 is 13.5 Å². The van der Waals surface area contributed by atoms with E-state index in [1.54, 1.807) is 11.3 Å². The predicted octanol–water partition coefficient (Wildman–Crippen LogP) is 2.64. The molecule has 1 unspecified atom stereocenters. The molecule has 0 aromatic carbocycles. The molecule has 0 radical (unpaired) electrons. The maximum absolute atomic E-state index is 11.8. The first kappa shape index (κ1) is 14.5. The normalized spacial score (nSPS) is 13.2. The van der Waals surface area contributed by atoms with Gasteiger partial charge in [-0.15, -0.1) is 11.3 Å². The minimum Gasteiger partial charge on any atom is -0.375 e. The molecular formula is C11H18F2N2OS. The number of hydrogen-bond donors (Lipinski definition) is 1. The van der Waals surface area contributed by atoms with Crippen LogP contribution in [0.15, 0.2) is 5.38 Å². The predicted molar refractivity (Wildman–Crippen MR) is 64.7 cm³/mol. The number of nitrogens with zero attached hydrogens (tertiary/aromatic N) is 1. The summed E-state index contributed by atoms with van der Waals surface area (Å²) >= 11 is 1.54. The van der Waals surface area contributed by atoms with E-state index in [0.29, 0.717) is 13.0 Å². The average molecular weight is 264 g/mol. The summed E-state index contributed by atoms with van der Waals surface area (Å²) in [6, 6.07) is 0.229. The number of ether oxygens (including phenoxy) is 1. The van der Waals surface area contributed by atoms with Crippen LogP contribution in [0.4, 0.5) is 8.78 Å². The molecular weight excluding hydrogens is 246 g/mol. The van der Waals surface area contributed by atoms with Crippen LogP contribution in [0.25, 0.3) is 0 Å². The number of nitrogens with one attached hydrogen (secondary N) is 1. The summed E-state index contributed by atoms with van der Waals surface area (Å²) in [5.41, 5.74) is 1.00. The summed E-state index contributed by atoms with van der Waals surface area (Å²) in [7, 11) is 0. The molecule has 0 amide bonds. The van der Waals surface area contributed by atoms with Gasteiger partial charge in [0.15, 0.2) is 0 Å². The minimum atomic E-state index is -2.39. The number of aromatic nitrogens is 1. The summed E-state index contributed by atoms with van der Waals surface area (Å²) in [5, 5.41) is 6.20. The van der Waals surface area contributed by atoms with Gasteiger partial charge >= 0.3 is 0 Å². The SMILES string of the molecule is CCNC(C)c1csc(CCOCC(F)F)n1. The lowest BCUT2D eigenvalue weighted by molar-refractivity contribution is 0.0187. The maximum atomic E-state index is 11.8. The van der Waals surface area contributed by atoms with Gasteiger partial charge in [-0.2, -0.15) is 0 Å². The quantitative estimate of drug-likeness (QED) is 0.733. The molecule has 1 heterocycles. The van der Waals surface area contributed by atoms with Crippen molar-refractivity contribution in [1.29, 1.82) is 0 Å². The number of halogens is 2. The molecule has 1 N–H and O–H groups in total. The van der Waals surface area contributed by atoms with Crippen LogP contribution in [0.2, 0.25) is 0 Å². The molecule has 1 aromatic heterocycles. The van der Waals surface area contributed by atoms with Crippen molar-refractivity contribution in [3.63, 3.8) is 0 Å². The lowest BCUT2D eigenvalue weighted by Gasteiger charge is -2.08. The fourth-order valence-electron chi connectivity index (χ4n) is 1.38. The monoisotopic (exact) mass is 264 g/mol. The molecule has 0 saturated heterocycles. The zero-order chi connectivity index (χ0) is 12.7. The fraction of sp³-hybridized carbons (Fsp3) is 0.727. The van der Waals surface area contributed by atoms with Crippen LogP contribution in [-0.2, 0) is 11.2 Å². The highest BCUT2D eigenvalue weighted by atomic mass is 32.1. The largest absolute Gasteiger partial charge is 0.375 e. The molecule has 0 bridgehead atoms. The van der Waals surface area contributed by atoms with Crippen molar-refractivity contribution in [3.8, 4) is 0 Å². The molecule has 1 atom stereocenters. The summed E-state index contributed by atoms with van der Waals surface area (Å²) in [5.74, 6) is 0. The van der Waals surface area contributed by atoms with Crippen LogP contribution in [0.3, 0.4) is 0 Å². The Morgan fingerprint density at radius 1 is 1.53 bits per heavy atom. The van der Waals surface area contributed by atoms with E-state index < -0.39 is 13.0 Å². The van der Waals surface area contributed by atoms with Crippen LogP contribution in [-0.4, -0.2) is 31.2 Å². The molecule has 0 spiro atoms. The molecule has 6 heteroatoms. The van der Waals surface area contributed by atoms with E-state index >= 15 is 0 Å². The molecule has 17 heavy (non-hydrogen) atoms. The van der Waals surface area contributed by atoms with Gasteiger partial charge in [-0.1, -0.05) is 6.92 Å². The van der Waals surface area contributed by atoms with Crippen LogP contribution < -0.4 is 5.32 Å². The first-order valence-electron chi connectivity index (χ1n) is 5.67. The van der Waals surface area contributed by atoms with Crippen LogP contribution in [0, 0.1) is 0 Å². The molecule has 0 aliphatic heterocycles. The minimum absolute atomic E-state index is 0.229. The van der Waals surface area contributed by atoms with Crippen molar-refractivity contribution in [3.05, 3.63) is 16.1 Å². The van der Waals surface area contributed by atoms with E-state index in [1.165, 1.54) is 0 Å². The third-order valence-corrected chi connectivity index (χ3v) is 3.15. The zero-order valence-corrected chi connectivity index (χ0v) is 10.9. The molecule has 1 rings (SSSR count). The van der Waals surface area contributed by atoms with Gasteiger partial charge in [-0.3, -0.25) is 0 Å². The summed E-state index contributed by atoms with van der Waals surface area (Å²) in [6.07, 6.45) is -1.80. The Labute approximate surface area is 104 Å². The third kappa shape index (κ3) is 5.52. The smallest absolute Gasteiger partial charge is 0.261 e. The first-order valence-corrected chi connectivity index (χ1v) is 6.55. The van der Waals surface area contributed by atoms with Crippen LogP contribution >= 0.6 is 11.3 Å². The maximum Gasteiger partial charge on any atom is 0.261 e. The molecule has 1 aromatic rings. The Bertz CT molecular complexity index is 320. The van der Waals surface area contributed by atoms with Crippen molar-refractivity contribution in [2.24, 2.45) is 0 Å². The van der Waals surface area contributed by atoms with Crippen molar-refractivity contribution in [1.82, 2.24) is 10.3 Å². The second-order valence-electron chi connectivity index (χ2n) is 3.66. The standard InChI is InChI=1S/C11H18F2N2OS/c1-3-14-8(2)9-7-17-11(15-9)4-5-16-6-10(12)13/h7-8,10,14H,3-6H2,1-2H3. The van der Waals surface area contributed by atoms with Gasteiger partial charge in [0.2, 0.25) is 0 Å². The van der Waals surface area contributed by atoms with Crippen molar-refractivity contribution >= 4 is 11.3 Å². The Hall–Kier alpha value is -0.590. The Morgan fingerprint density at radius 3 is 2.94 bits per heavy atom. The van der Waals surface area contributed by atoms with E-state index in [0.717, 1.165) is 17.2 Å². The molecule has 0 aliphatic carbocycles. The number of hydrogen-bond acceptors (Lipinski definition) is 4. The van der Waals surface area contributed by atoms with Gasteiger partial charge in [-0.25, -0.2) is 13.8 Å². The summed E-state index contributed by atoms with van der Waals surface area (Å²) in [4.78, 5) is 4.43. The highest BCUT2D eigenvalue weighted by Gasteiger charge is 2.09. The topological polar surface area (TPSA) is 34.1 Å². The first-order chi connectivity index (χ1) is 8.13. The van der Waals surface area contributed by atoms with E-state index in [1.807, 2.05) is 12.3 Å². The van der Waals surface area contributed by atoms with Crippen molar-refractivity contribution in [2.45, 2.75) is 32.7 Å². The van der Waals surface area contributed by atoms with Crippen LogP contribution in [0.5, 0.6) is 0 Å². The molecule has 98 valence electrons. The van der Waals surface area contributed by atoms with Gasteiger partial charge in [0.1, 0.15) is 6.61 Å². The zero-order valence-electron chi connectivity index (χ0n) is 10.1. The highest BCUT2D eigenvalue weighted by molar-refractivity contribution is 7.09. The second-order valence-corrected chi connectivity index (χ2v) is 4.60. The Kier molecular flexibility index (Phi) is 6.54. The third-order valence-electron chi connectivity index (χ3n) is 2.23. The summed E-state index contributed by atoms with van der Waals surface area (Å²) in [6.45, 7) is 4.79. The highest BCUT2D eigenvalue weighted by Crippen LogP contribution is 2.16. The molecule has 0 saturated carbocycles. The Balaban J connectivity index is 2.30. The Morgan fingerprint density at radius 2 is 2.29 bits per heavy atom. The van der Waals surface area contributed by atoms with Crippen molar-refractivity contribution in [2.75, 3.05) is 19.8 Å². The second kappa shape index (κ2) is 7.68. The van der Waals surface area contributed by atoms with E-state index in [2.05, 4.69) is 17.2 Å². The molecule has 0 fully saturated rings. The van der Waals surface area contributed by atoms with E-state index in [-0.39, 0.29) is 6.04 Å². The number of thiazole rings is 1. The lowest BCUT2D eigenvalue weighted by atomic mass is 10.2. The number of rotatable bonds is 8. The summed E-state index contributed by atoms with van der Waals surface area (Å²) < 4.78 is 28.4. The molecule has 3 nitrogen and oxygen atoms in total. The number of alkyl halides is 2. The molecule has 0 aliphatic rings.